The van der Waals surface area contributed by atoms with Crippen LogP contribution in [0.4, 0.5) is 10.6 Å². The van der Waals surface area contributed by atoms with E-state index < -0.39 is 56.4 Å². The number of imidazole rings is 1. The van der Waals surface area contributed by atoms with Crippen LogP contribution in [-0.2, 0) is 23.5 Å². The molecule has 1 aliphatic heterocycles. The number of carbonyl (C=O) groups is 2. The molecule has 6 N–H and O–H groups in total. The van der Waals surface area contributed by atoms with Gasteiger partial charge in [0.1, 0.15) is 35.8 Å². The maximum atomic E-state index is 12.8. The number of nitrogen functional groups attached to an aromatic ring is 1. The molecule has 17 heteroatoms. The molecule has 5 unspecified atom stereocenters. The predicted molar refractivity (Wildman–Crippen MR) is 149 cm³/mol. The largest absolute Gasteiger partial charge is 0.444 e. The van der Waals surface area contributed by atoms with Gasteiger partial charge in [-0.3, -0.25) is 14.4 Å². The molecule has 3 heterocycles. The van der Waals surface area contributed by atoms with Crippen LogP contribution in [0.3, 0.4) is 0 Å². The third kappa shape index (κ3) is 9.36. The van der Waals surface area contributed by atoms with Gasteiger partial charge in [0, 0.05) is 6.42 Å². The number of aliphatic hydroxyl groups is 1. The van der Waals surface area contributed by atoms with Crippen LogP contribution in [0.15, 0.2) is 12.7 Å². The van der Waals surface area contributed by atoms with Crippen molar-refractivity contribution in [3.8, 4) is 0 Å². The number of alkyl carbamates (subject to hydrolysis) is 1. The van der Waals surface area contributed by atoms with Gasteiger partial charge in [0.25, 0.3) is 8.53 Å². The second-order valence-corrected chi connectivity index (χ2v) is 12.6. The highest BCUT2D eigenvalue weighted by atomic mass is 32.2. The number of hydrogen-bond acceptors (Lipinski definition) is 13. The molecular weight excluding hydrogens is 565 g/mol. The van der Waals surface area contributed by atoms with E-state index in [1.807, 2.05) is 6.26 Å². The molecule has 2 amide bonds. The fraction of sp³-hybridized carbons (Fsp3) is 0.696. The Morgan fingerprint density at radius 1 is 1.30 bits per heavy atom. The van der Waals surface area contributed by atoms with Crippen LogP contribution >= 0.6 is 20.3 Å². The SMILES string of the molecule is CSCCC(NC(=O)OC(C)(C)C)C(=O)NP(O)OCC1OC(n2cnc3c(N)ncnc32)CC1OC(C)(C)O. The minimum atomic E-state index is -2.43. The lowest BCUT2D eigenvalue weighted by Crippen LogP contribution is -2.47. The van der Waals surface area contributed by atoms with E-state index in [9.17, 15) is 19.6 Å². The summed E-state index contributed by atoms with van der Waals surface area (Å²) in [4.78, 5) is 48.0. The van der Waals surface area contributed by atoms with Gasteiger partial charge in [0.15, 0.2) is 17.3 Å². The van der Waals surface area contributed by atoms with Gasteiger partial charge in [-0.25, -0.2) is 19.7 Å². The molecule has 3 rings (SSSR count). The Bertz CT molecular complexity index is 1160. The van der Waals surface area contributed by atoms with Crippen molar-refractivity contribution in [3.63, 3.8) is 0 Å². The second-order valence-electron chi connectivity index (χ2n) is 10.6. The number of nitrogens with zero attached hydrogens (tertiary/aromatic N) is 4. The number of rotatable bonds is 12. The van der Waals surface area contributed by atoms with Crippen molar-refractivity contribution in [3.05, 3.63) is 12.7 Å². The predicted octanol–water partition coefficient (Wildman–Crippen LogP) is 1.81. The number of anilines is 1. The lowest BCUT2D eigenvalue weighted by atomic mass is 10.1. The summed E-state index contributed by atoms with van der Waals surface area (Å²) in [5, 5.41) is 15.2. The standard InChI is InChI=1S/C23H38N7O8PS/c1-22(2,3)38-21(32)28-13(7-8-40-6)20(31)29-39(34)35-10-15-14(37-23(4,5)33)9-16(36-15)30-12-27-17-18(24)25-11-26-19(17)30/h11-16,33-34H,7-10H2,1-6H3,(H,28,32)(H,29,31)(H2,24,25,26). The van der Waals surface area contributed by atoms with Crippen molar-refractivity contribution in [2.45, 2.75) is 83.3 Å². The van der Waals surface area contributed by atoms with Crippen LogP contribution in [0.1, 0.15) is 53.7 Å². The topological polar surface area (TPSA) is 205 Å². The zero-order chi connectivity index (χ0) is 29.7. The first-order valence-electron chi connectivity index (χ1n) is 12.6. The van der Waals surface area contributed by atoms with Gasteiger partial charge in [-0.2, -0.15) is 11.8 Å². The molecule has 0 radical (unpaired) electrons. The molecule has 0 aromatic carbocycles. The number of ether oxygens (including phenoxy) is 3. The Balaban J connectivity index is 1.63. The van der Waals surface area contributed by atoms with Crippen molar-refractivity contribution < 1.29 is 38.3 Å². The molecule has 15 nitrogen and oxygen atoms in total. The summed E-state index contributed by atoms with van der Waals surface area (Å²) in [5.41, 5.74) is 6.04. The molecule has 0 saturated carbocycles. The van der Waals surface area contributed by atoms with Crippen molar-refractivity contribution in [1.29, 1.82) is 0 Å². The number of nitrogens with one attached hydrogen (secondary N) is 2. The number of fused-ring (bicyclic) bond motifs is 1. The minimum absolute atomic E-state index is 0.168. The average Bonchev–Trinajstić information content (AvgIpc) is 3.42. The van der Waals surface area contributed by atoms with Crippen LogP contribution in [0.2, 0.25) is 0 Å². The van der Waals surface area contributed by atoms with Gasteiger partial charge in [-0.1, -0.05) is 0 Å². The fourth-order valence-corrected chi connectivity index (χ4v) is 5.07. The molecule has 2 aromatic rings. The van der Waals surface area contributed by atoms with E-state index in [1.54, 1.807) is 25.3 Å². The van der Waals surface area contributed by atoms with Crippen molar-refractivity contribution >= 4 is 49.3 Å². The maximum Gasteiger partial charge on any atom is 0.408 e. The summed E-state index contributed by atoms with van der Waals surface area (Å²) in [6.45, 7) is 7.96. The molecule has 224 valence electrons. The van der Waals surface area contributed by atoms with E-state index in [-0.39, 0.29) is 12.4 Å². The highest BCUT2D eigenvalue weighted by Gasteiger charge is 2.41. The van der Waals surface area contributed by atoms with Gasteiger partial charge in [0.2, 0.25) is 5.91 Å². The molecule has 2 aromatic heterocycles. The lowest BCUT2D eigenvalue weighted by Gasteiger charge is -2.27. The molecule has 1 aliphatic rings. The lowest BCUT2D eigenvalue weighted by molar-refractivity contribution is -0.216. The van der Waals surface area contributed by atoms with E-state index in [0.717, 1.165) is 0 Å². The molecule has 0 aliphatic carbocycles. The highest BCUT2D eigenvalue weighted by Crippen LogP contribution is 2.37. The van der Waals surface area contributed by atoms with E-state index in [2.05, 4.69) is 25.4 Å². The molecule has 0 spiro atoms. The summed E-state index contributed by atoms with van der Waals surface area (Å²) < 4.78 is 24.4. The zero-order valence-corrected chi connectivity index (χ0v) is 25.1. The van der Waals surface area contributed by atoms with E-state index in [4.69, 9.17) is 24.5 Å². The average molecular weight is 604 g/mol. The van der Waals surface area contributed by atoms with Gasteiger partial charge in [-0.15, -0.1) is 0 Å². The summed E-state index contributed by atoms with van der Waals surface area (Å²) >= 11 is 1.51. The van der Waals surface area contributed by atoms with E-state index in [0.29, 0.717) is 29.8 Å². The van der Waals surface area contributed by atoms with Gasteiger partial charge >= 0.3 is 6.09 Å². The first kappa shape index (κ1) is 32.2. The second kappa shape index (κ2) is 13.6. The Hall–Kier alpha value is -2.33. The zero-order valence-electron chi connectivity index (χ0n) is 23.4. The van der Waals surface area contributed by atoms with Gasteiger partial charge < -0.3 is 39.8 Å². The van der Waals surface area contributed by atoms with E-state index >= 15 is 0 Å². The molecular formula is C23H38N7O8PS. The number of nitrogens with two attached hydrogens (primary N) is 1. The van der Waals surface area contributed by atoms with Crippen LogP contribution in [0, 0.1) is 0 Å². The van der Waals surface area contributed by atoms with Gasteiger partial charge in [-0.05, 0) is 53.0 Å². The number of carbonyl (C=O) groups excluding carboxylic acids is 2. The molecule has 5 atom stereocenters. The number of thioether (sulfide) groups is 1. The quantitative estimate of drug-likeness (QED) is 0.174. The molecule has 0 bridgehead atoms. The van der Waals surface area contributed by atoms with Gasteiger partial charge in [0.05, 0.1) is 19.0 Å². The smallest absolute Gasteiger partial charge is 0.408 e. The monoisotopic (exact) mass is 603 g/mol. The maximum absolute atomic E-state index is 12.8. The van der Waals surface area contributed by atoms with Crippen LogP contribution < -0.4 is 16.1 Å². The summed E-state index contributed by atoms with van der Waals surface area (Å²) in [6, 6.07) is -0.939. The van der Waals surface area contributed by atoms with Crippen LogP contribution in [0.25, 0.3) is 11.2 Å². The third-order valence-corrected chi connectivity index (χ3v) is 6.95. The molecule has 1 saturated heterocycles. The Morgan fingerprint density at radius 2 is 2.02 bits per heavy atom. The molecule has 40 heavy (non-hydrogen) atoms. The van der Waals surface area contributed by atoms with Crippen molar-refractivity contribution in [2.24, 2.45) is 0 Å². The minimum Gasteiger partial charge on any atom is -0.444 e. The Morgan fingerprint density at radius 3 is 2.67 bits per heavy atom. The summed E-state index contributed by atoms with van der Waals surface area (Å²) in [6.07, 6.45) is 2.65. The summed E-state index contributed by atoms with van der Waals surface area (Å²) in [5.74, 6) is -1.28. The normalized spacial score (nSPS) is 21.2. The first-order valence-corrected chi connectivity index (χ1v) is 15.2. The number of aromatic nitrogens is 4. The summed E-state index contributed by atoms with van der Waals surface area (Å²) in [7, 11) is -2.43. The third-order valence-electron chi connectivity index (χ3n) is 5.50. The molecule has 1 fully saturated rings. The van der Waals surface area contributed by atoms with Crippen LogP contribution in [0.5, 0.6) is 0 Å². The highest BCUT2D eigenvalue weighted by molar-refractivity contribution is 7.98. The number of hydrogen-bond donors (Lipinski definition) is 5. The fourth-order valence-electron chi connectivity index (χ4n) is 3.90. The number of amides is 2. The van der Waals surface area contributed by atoms with Crippen LogP contribution in [-0.4, -0.2) is 89.8 Å². The first-order chi connectivity index (χ1) is 18.7. The Labute approximate surface area is 237 Å². The van der Waals surface area contributed by atoms with Crippen molar-refractivity contribution in [2.75, 3.05) is 24.3 Å². The Kier molecular flexibility index (Phi) is 10.9. The van der Waals surface area contributed by atoms with E-state index in [1.165, 1.54) is 38.3 Å². The van der Waals surface area contributed by atoms with Crippen molar-refractivity contribution in [1.82, 2.24) is 29.9 Å².